The molecule has 0 aromatic heterocycles. The molecular formula is C21H24BrNO2. The molecule has 0 spiro atoms. The van der Waals surface area contributed by atoms with Crippen LogP contribution in [0.5, 0.6) is 5.75 Å². The van der Waals surface area contributed by atoms with Gasteiger partial charge < -0.3 is 10.1 Å². The van der Waals surface area contributed by atoms with Crippen molar-refractivity contribution in [1.29, 1.82) is 0 Å². The Morgan fingerprint density at radius 2 is 1.96 bits per heavy atom. The van der Waals surface area contributed by atoms with E-state index in [0.717, 1.165) is 40.6 Å². The minimum absolute atomic E-state index is 0.00972. The first-order valence-corrected chi connectivity index (χ1v) is 9.66. The highest BCUT2D eigenvalue weighted by Crippen LogP contribution is 2.42. The Hall–Kier alpha value is -1.81. The fourth-order valence-corrected chi connectivity index (χ4v) is 3.95. The SMILES string of the molecule is CCC1(CC)C[C@@H](NC(=O)Cc2cccc(Br)c2)c2ccccc2O1. The summed E-state index contributed by atoms with van der Waals surface area (Å²) in [6, 6.07) is 15.9. The summed E-state index contributed by atoms with van der Waals surface area (Å²) in [6.45, 7) is 4.30. The highest BCUT2D eigenvalue weighted by molar-refractivity contribution is 9.10. The maximum absolute atomic E-state index is 12.6. The fraction of sp³-hybridized carbons (Fsp3) is 0.381. The number of carbonyl (C=O) groups is 1. The molecule has 0 bridgehead atoms. The third-order valence-corrected chi connectivity index (χ3v) is 5.57. The molecule has 1 N–H and O–H groups in total. The van der Waals surface area contributed by atoms with E-state index in [4.69, 9.17) is 4.74 Å². The maximum atomic E-state index is 12.6. The normalized spacial score (nSPS) is 18.1. The summed E-state index contributed by atoms with van der Waals surface area (Å²) in [6.07, 6.45) is 3.04. The van der Waals surface area contributed by atoms with Crippen molar-refractivity contribution in [2.24, 2.45) is 0 Å². The molecule has 1 aliphatic heterocycles. The Balaban J connectivity index is 1.79. The summed E-state index contributed by atoms with van der Waals surface area (Å²) >= 11 is 3.46. The zero-order valence-electron chi connectivity index (χ0n) is 14.7. The van der Waals surface area contributed by atoms with E-state index >= 15 is 0 Å². The average molecular weight is 402 g/mol. The van der Waals surface area contributed by atoms with Crippen LogP contribution in [0.15, 0.2) is 53.0 Å². The minimum atomic E-state index is -0.206. The second kappa shape index (κ2) is 7.61. The molecule has 1 atom stereocenters. The van der Waals surface area contributed by atoms with Crippen LogP contribution >= 0.6 is 15.9 Å². The molecule has 2 aromatic carbocycles. The van der Waals surface area contributed by atoms with Crippen LogP contribution < -0.4 is 10.1 Å². The van der Waals surface area contributed by atoms with Crippen molar-refractivity contribution in [2.45, 2.75) is 51.2 Å². The van der Waals surface area contributed by atoms with Gasteiger partial charge in [0.15, 0.2) is 0 Å². The van der Waals surface area contributed by atoms with E-state index in [2.05, 4.69) is 41.2 Å². The Labute approximate surface area is 157 Å². The van der Waals surface area contributed by atoms with Gasteiger partial charge in [0.05, 0.1) is 12.5 Å². The van der Waals surface area contributed by atoms with Crippen molar-refractivity contribution in [2.75, 3.05) is 0 Å². The largest absolute Gasteiger partial charge is 0.487 e. The zero-order chi connectivity index (χ0) is 17.9. The van der Waals surface area contributed by atoms with Gasteiger partial charge in [0, 0.05) is 16.5 Å². The third-order valence-electron chi connectivity index (χ3n) is 5.07. The second-order valence-corrected chi connectivity index (χ2v) is 7.58. The topological polar surface area (TPSA) is 38.3 Å². The van der Waals surface area contributed by atoms with Gasteiger partial charge in [-0.15, -0.1) is 0 Å². The van der Waals surface area contributed by atoms with Crippen LogP contribution in [0.4, 0.5) is 0 Å². The van der Waals surface area contributed by atoms with E-state index in [1.165, 1.54) is 0 Å². The molecule has 1 amide bonds. The number of fused-ring (bicyclic) bond motifs is 1. The van der Waals surface area contributed by atoms with Gasteiger partial charge in [-0.05, 0) is 36.6 Å². The molecule has 3 nitrogen and oxygen atoms in total. The van der Waals surface area contributed by atoms with Gasteiger partial charge >= 0.3 is 0 Å². The maximum Gasteiger partial charge on any atom is 0.224 e. The molecule has 4 heteroatoms. The van der Waals surface area contributed by atoms with Gasteiger partial charge in [-0.1, -0.05) is 60.1 Å². The number of hydrogen-bond acceptors (Lipinski definition) is 2. The predicted octanol–water partition coefficient (Wildman–Crippen LogP) is 5.19. The quantitative estimate of drug-likeness (QED) is 0.748. The second-order valence-electron chi connectivity index (χ2n) is 6.66. The van der Waals surface area contributed by atoms with Gasteiger partial charge in [-0.25, -0.2) is 0 Å². The van der Waals surface area contributed by atoms with Crippen LogP contribution in [0.2, 0.25) is 0 Å². The van der Waals surface area contributed by atoms with Crippen LogP contribution in [-0.4, -0.2) is 11.5 Å². The molecule has 1 heterocycles. The summed E-state index contributed by atoms with van der Waals surface area (Å²) in [5.41, 5.74) is 1.87. The van der Waals surface area contributed by atoms with Crippen LogP contribution in [0, 0.1) is 0 Å². The molecular weight excluding hydrogens is 378 g/mol. The molecule has 2 aromatic rings. The highest BCUT2D eigenvalue weighted by atomic mass is 79.9. The Kier molecular flexibility index (Phi) is 5.48. The van der Waals surface area contributed by atoms with Crippen molar-refractivity contribution >= 4 is 21.8 Å². The smallest absolute Gasteiger partial charge is 0.224 e. The van der Waals surface area contributed by atoms with E-state index < -0.39 is 0 Å². The Bertz CT molecular complexity index is 755. The number of hydrogen-bond donors (Lipinski definition) is 1. The first-order valence-electron chi connectivity index (χ1n) is 8.87. The lowest BCUT2D eigenvalue weighted by atomic mass is 9.83. The summed E-state index contributed by atoms with van der Waals surface area (Å²) in [7, 11) is 0. The Morgan fingerprint density at radius 1 is 1.20 bits per heavy atom. The van der Waals surface area contributed by atoms with Crippen LogP contribution in [0.25, 0.3) is 0 Å². The molecule has 0 aliphatic carbocycles. The van der Waals surface area contributed by atoms with Gasteiger partial charge in [0.2, 0.25) is 5.91 Å². The number of nitrogens with one attached hydrogen (secondary N) is 1. The lowest BCUT2D eigenvalue weighted by molar-refractivity contribution is -0.121. The van der Waals surface area contributed by atoms with E-state index in [1.807, 2.05) is 42.5 Å². The van der Waals surface area contributed by atoms with Gasteiger partial charge in [0.25, 0.3) is 0 Å². The molecule has 25 heavy (non-hydrogen) atoms. The molecule has 0 radical (unpaired) electrons. The van der Waals surface area contributed by atoms with E-state index in [9.17, 15) is 4.79 Å². The van der Waals surface area contributed by atoms with Crippen LogP contribution in [0.1, 0.15) is 50.3 Å². The van der Waals surface area contributed by atoms with Crippen molar-refractivity contribution in [3.05, 3.63) is 64.1 Å². The first kappa shape index (κ1) is 18.0. The number of para-hydroxylation sites is 1. The summed E-state index contributed by atoms with van der Waals surface area (Å²) < 4.78 is 7.30. The molecule has 0 fully saturated rings. The lowest BCUT2D eigenvalue weighted by Gasteiger charge is -2.41. The van der Waals surface area contributed by atoms with Crippen LogP contribution in [0.3, 0.4) is 0 Å². The molecule has 132 valence electrons. The number of halogens is 1. The predicted molar refractivity (Wildman–Crippen MR) is 104 cm³/mol. The van der Waals surface area contributed by atoms with Crippen molar-refractivity contribution in [3.63, 3.8) is 0 Å². The lowest BCUT2D eigenvalue weighted by Crippen LogP contribution is -2.44. The monoisotopic (exact) mass is 401 g/mol. The van der Waals surface area contributed by atoms with Gasteiger partial charge in [0.1, 0.15) is 11.4 Å². The van der Waals surface area contributed by atoms with E-state index in [-0.39, 0.29) is 17.6 Å². The number of amides is 1. The summed E-state index contributed by atoms with van der Waals surface area (Å²) in [4.78, 5) is 12.6. The van der Waals surface area contributed by atoms with Crippen molar-refractivity contribution in [1.82, 2.24) is 5.32 Å². The third kappa shape index (κ3) is 4.06. The van der Waals surface area contributed by atoms with E-state index in [1.54, 1.807) is 0 Å². The summed E-state index contributed by atoms with van der Waals surface area (Å²) in [5.74, 6) is 0.936. The molecule has 3 rings (SSSR count). The van der Waals surface area contributed by atoms with Crippen molar-refractivity contribution < 1.29 is 9.53 Å². The number of carbonyl (C=O) groups excluding carboxylic acids is 1. The standard InChI is InChI=1S/C21H24BrNO2/c1-3-21(4-2)14-18(17-10-5-6-11-19(17)25-21)23-20(24)13-15-8-7-9-16(22)12-15/h5-12,18H,3-4,13-14H2,1-2H3,(H,23,24)/t18-/m1/s1. The first-order chi connectivity index (χ1) is 12.0. The number of benzene rings is 2. The van der Waals surface area contributed by atoms with E-state index in [0.29, 0.717) is 6.42 Å². The zero-order valence-corrected chi connectivity index (χ0v) is 16.3. The Morgan fingerprint density at radius 3 is 2.68 bits per heavy atom. The van der Waals surface area contributed by atoms with Gasteiger partial charge in [-0.3, -0.25) is 4.79 Å². The minimum Gasteiger partial charge on any atom is -0.487 e. The van der Waals surface area contributed by atoms with Crippen LogP contribution in [-0.2, 0) is 11.2 Å². The molecule has 0 saturated carbocycles. The number of ether oxygens (including phenoxy) is 1. The number of rotatable bonds is 5. The summed E-state index contributed by atoms with van der Waals surface area (Å²) in [5, 5.41) is 3.23. The highest BCUT2D eigenvalue weighted by Gasteiger charge is 2.38. The fourth-order valence-electron chi connectivity index (χ4n) is 3.51. The molecule has 0 unspecified atom stereocenters. The molecule has 1 aliphatic rings. The molecule has 0 saturated heterocycles. The average Bonchev–Trinajstić information content (AvgIpc) is 2.61. The van der Waals surface area contributed by atoms with Gasteiger partial charge in [-0.2, -0.15) is 0 Å². The van der Waals surface area contributed by atoms with Crippen molar-refractivity contribution in [3.8, 4) is 5.75 Å².